The van der Waals surface area contributed by atoms with Gasteiger partial charge in [0.15, 0.2) is 5.41 Å². The number of hydrogen-bond donors (Lipinski definition) is 2. The lowest BCUT2D eigenvalue weighted by Crippen LogP contribution is -3.10. The van der Waals surface area contributed by atoms with Crippen LogP contribution in [0.15, 0.2) is 35.9 Å². The van der Waals surface area contributed by atoms with Crippen molar-refractivity contribution in [3.8, 4) is 24.0 Å². The Hall–Kier alpha value is -3.14. The topological polar surface area (TPSA) is 109 Å². The molecule has 3 rings (SSSR count). The van der Waals surface area contributed by atoms with Crippen molar-refractivity contribution < 1.29 is 9.64 Å². The summed E-state index contributed by atoms with van der Waals surface area (Å²) in [6.07, 6.45) is 2.02. The van der Waals surface area contributed by atoms with Crippen LogP contribution in [0, 0.1) is 56.7 Å². The highest BCUT2D eigenvalue weighted by Gasteiger charge is 2.58. The van der Waals surface area contributed by atoms with Crippen molar-refractivity contribution in [2.75, 3.05) is 26.7 Å². The Balaban J connectivity index is 2.18. The number of fused-ring (bicyclic) bond motifs is 1. The second-order valence-corrected chi connectivity index (χ2v) is 7.16. The maximum absolute atomic E-state index is 9.98. The molecule has 1 heterocycles. The maximum Gasteiger partial charge on any atom is 0.189 e. The van der Waals surface area contributed by atoms with Crippen LogP contribution in [0.25, 0.3) is 0 Å². The molecule has 0 saturated heterocycles. The zero-order chi connectivity index (χ0) is 19.6. The summed E-state index contributed by atoms with van der Waals surface area (Å²) in [5, 5.41) is 38.2. The molecule has 2 N–H and O–H groups in total. The lowest BCUT2D eigenvalue weighted by atomic mass is 9.54. The molecule has 0 aromatic heterocycles. The highest BCUT2D eigenvalue weighted by Crippen LogP contribution is 2.52. The van der Waals surface area contributed by atoms with Crippen LogP contribution in [-0.4, -0.2) is 32.5 Å². The van der Waals surface area contributed by atoms with E-state index in [0.29, 0.717) is 6.61 Å². The summed E-state index contributed by atoms with van der Waals surface area (Å²) < 4.78 is 5.50. The first-order valence-electron chi connectivity index (χ1n) is 9.07. The summed E-state index contributed by atoms with van der Waals surface area (Å²) >= 11 is 0. The van der Waals surface area contributed by atoms with E-state index in [1.807, 2.05) is 37.3 Å². The Kier molecular flexibility index (Phi) is 5.00. The Morgan fingerprint density at radius 3 is 2.44 bits per heavy atom. The normalized spacial score (nSPS) is 28.7. The van der Waals surface area contributed by atoms with Gasteiger partial charge in [0.25, 0.3) is 0 Å². The van der Waals surface area contributed by atoms with Gasteiger partial charge in [-0.1, -0.05) is 12.1 Å². The lowest BCUT2D eigenvalue weighted by molar-refractivity contribution is -0.878. The van der Waals surface area contributed by atoms with Crippen LogP contribution in [0.4, 0.5) is 0 Å². The summed E-state index contributed by atoms with van der Waals surface area (Å²) in [5.74, 6) is -0.693. The van der Waals surface area contributed by atoms with E-state index in [0.717, 1.165) is 30.0 Å². The first-order valence-corrected chi connectivity index (χ1v) is 9.07. The van der Waals surface area contributed by atoms with E-state index in [1.54, 1.807) is 0 Å². The van der Waals surface area contributed by atoms with Crippen LogP contribution < -0.4 is 9.64 Å². The molecule has 6 heteroatoms. The third-order valence-electron chi connectivity index (χ3n) is 5.63. The zero-order valence-corrected chi connectivity index (χ0v) is 15.5. The molecule has 0 amide bonds. The third-order valence-corrected chi connectivity index (χ3v) is 5.63. The minimum absolute atomic E-state index is 0.101. The van der Waals surface area contributed by atoms with Gasteiger partial charge in [0.05, 0.1) is 50.7 Å². The SMILES string of the molecule is CCOc1ccc([C@H]2[C@@H]3C[NH+](C)CC=C3[C@H](C#N)C(=N)C2(C#N)C#N)cc1. The highest BCUT2D eigenvalue weighted by molar-refractivity contribution is 6.00. The van der Waals surface area contributed by atoms with Crippen molar-refractivity contribution in [3.05, 3.63) is 41.5 Å². The largest absolute Gasteiger partial charge is 0.494 e. The van der Waals surface area contributed by atoms with Crippen molar-refractivity contribution in [1.82, 2.24) is 0 Å². The molecule has 0 radical (unpaired) electrons. The first kappa shape index (κ1) is 18.6. The van der Waals surface area contributed by atoms with E-state index in [9.17, 15) is 15.8 Å². The number of benzene rings is 1. The third kappa shape index (κ3) is 2.87. The van der Waals surface area contributed by atoms with Gasteiger partial charge in [-0.15, -0.1) is 0 Å². The molecule has 1 unspecified atom stereocenters. The molecule has 0 bridgehead atoms. The molecule has 136 valence electrons. The van der Waals surface area contributed by atoms with Crippen LogP contribution in [0.3, 0.4) is 0 Å². The average Bonchev–Trinajstić information content (AvgIpc) is 2.68. The number of nitriles is 3. The Morgan fingerprint density at radius 1 is 1.22 bits per heavy atom. The first-order chi connectivity index (χ1) is 13.0. The van der Waals surface area contributed by atoms with E-state index >= 15 is 0 Å². The van der Waals surface area contributed by atoms with Gasteiger partial charge in [-0.05, 0) is 36.3 Å². The summed E-state index contributed by atoms with van der Waals surface area (Å²) in [4.78, 5) is 1.26. The average molecular weight is 360 g/mol. The molecule has 4 atom stereocenters. The minimum atomic E-state index is -1.65. The molecule has 1 aromatic rings. The fourth-order valence-corrected chi connectivity index (χ4v) is 4.37. The molecule has 1 fully saturated rings. The van der Waals surface area contributed by atoms with Crippen molar-refractivity contribution >= 4 is 5.71 Å². The smallest absolute Gasteiger partial charge is 0.189 e. The molecule has 1 saturated carbocycles. The summed E-state index contributed by atoms with van der Waals surface area (Å²) in [5.41, 5.74) is -0.0370. The van der Waals surface area contributed by atoms with Gasteiger partial charge in [-0.3, -0.25) is 0 Å². The number of likely N-dealkylation sites (N-methyl/N-ethyl adjacent to an activating group) is 1. The number of quaternary nitrogens is 1. The molecule has 2 aliphatic rings. The van der Waals surface area contributed by atoms with Crippen molar-refractivity contribution in [1.29, 1.82) is 21.2 Å². The van der Waals surface area contributed by atoms with Crippen LogP contribution in [0.1, 0.15) is 18.4 Å². The van der Waals surface area contributed by atoms with Crippen molar-refractivity contribution in [2.45, 2.75) is 12.8 Å². The number of rotatable bonds is 3. The van der Waals surface area contributed by atoms with Gasteiger partial charge in [-0.25, -0.2) is 0 Å². The summed E-state index contributed by atoms with van der Waals surface area (Å²) in [6.45, 7) is 3.97. The Labute approximate surface area is 159 Å². The van der Waals surface area contributed by atoms with E-state index in [1.165, 1.54) is 4.90 Å². The fraction of sp³-hybridized carbons (Fsp3) is 0.429. The molecule has 27 heavy (non-hydrogen) atoms. The highest BCUT2D eigenvalue weighted by atomic mass is 16.5. The molecule has 1 aromatic carbocycles. The van der Waals surface area contributed by atoms with E-state index < -0.39 is 17.3 Å². The molecule has 1 aliphatic heterocycles. The van der Waals surface area contributed by atoms with Gasteiger partial charge in [0.2, 0.25) is 0 Å². The maximum atomic E-state index is 9.98. The van der Waals surface area contributed by atoms with Crippen LogP contribution >= 0.6 is 0 Å². The van der Waals surface area contributed by atoms with Gasteiger partial charge >= 0.3 is 0 Å². The monoisotopic (exact) mass is 360 g/mol. The molecule has 0 spiro atoms. The van der Waals surface area contributed by atoms with Gasteiger partial charge < -0.3 is 15.0 Å². The zero-order valence-electron chi connectivity index (χ0n) is 15.5. The predicted molar refractivity (Wildman–Crippen MR) is 99.0 cm³/mol. The van der Waals surface area contributed by atoms with E-state index in [-0.39, 0.29) is 11.6 Å². The Bertz CT molecular complexity index is 882. The second-order valence-electron chi connectivity index (χ2n) is 7.16. The summed E-state index contributed by atoms with van der Waals surface area (Å²) in [7, 11) is 2.06. The molecular weight excluding hydrogens is 338 g/mol. The standard InChI is InChI=1S/C21H21N5O/c1-3-27-15-6-4-14(5-7-15)19-18-11-26(2)9-8-16(18)17(10-22)20(25)21(19,12-23)13-24/h4-8,17-19,25H,3,9,11H2,1-2H3/p+1/t17-,18+,19-/m0/s1. The molecular formula is C21H22N5O+. The van der Waals surface area contributed by atoms with E-state index in [2.05, 4.69) is 25.3 Å². The minimum Gasteiger partial charge on any atom is -0.494 e. The second kappa shape index (κ2) is 7.23. The number of nitrogens with zero attached hydrogens (tertiary/aromatic N) is 3. The van der Waals surface area contributed by atoms with Gasteiger partial charge in [0, 0.05) is 11.8 Å². The van der Waals surface area contributed by atoms with Crippen LogP contribution in [0.2, 0.25) is 0 Å². The van der Waals surface area contributed by atoms with Crippen LogP contribution in [0.5, 0.6) is 5.75 Å². The lowest BCUT2D eigenvalue weighted by Gasteiger charge is -2.46. The van der Waals surface area contributed by atoms with Crippen molar-refractivity contribution in [2.24, 2.45) is 17.3 Å². The quantitative estimate of drug-likeness (QED) is 0.795. The predicted octanol–water partition coefficient (Wildman–Crippen LogP) is 1.45. The number of nitrogens with one attached hydrogen (secondary N) is 2. The van der Waals surface area contributed by atoms with Crippen LogP contribution in [-0.2, 0) is 0 Å². The number of hydrogen-bond acceptors (Lipinski definition) is 5. The molecule has 6 nitrogen and oxygen atoms in total. The number of ether oxygens (including phenoxy) is 1. The van der Waals surface area contributed by atoms with Crippen molar-refractivity contribution in [3.63, 3.8) is 0 Å². The molecule has 1 aliphatic carbocycles. The fourth-order valence-electron chi connectivity index (χ4n) is 4.37. The van der Waals surface area contributed by atoms with Gasteiger partial charge in [-0.2, -0.15) is 15.8 Å². The van der Waals surface area contributed by atoms with E-state index in [4.69, 9.17) is 10.1 Å². The van der Waals surface area contributed by atoms with Gasteiger partial charge in [0.1, 0.15) is 11.7 Å². The Morgan fingerprint density at radius 2 is 1.89 bits per heavy atom. The summed E-state index contributed by atoms with van der Waals surface area (Å²) in [6, 6.07) is 13.8.